The number of halogens is 2. The average molecular weight is 636 g/mol. The van der Waals surface area contributed by atoms with Crippen LogP contribution >= 0.6 is 15.9 Å². The largest absolute Gasteiger partial charge is 0.461 e. The van der Waals surface area contributed by atoms with Crippen molar-refractivity contribution in [2.75, 3.05) is 62.2 Å². The molecule has 220 valence electrons. The molecular weight excluding hydrogens is 599 g/mol. The Morgan fingerprint density at radius 1 is 0.976 bits per heavy atom. The first-order valence-corrected chi connectivity index (χ1v) is 15.8. The molecule has 7 rings (SSSR count). The van der Waals surface area contributed by atoms with Crippen molar-refractivity contribution in [2.45, 2.75) is 44.2 Å². The van der Waals surface area contributed by atoms with Gasteiger partial charge in [0, 0.05) is 53.8 Å². The topological polar surface area (TPSA) is 65.0 Å². The van der Waals surface area contributed by atoms with Crippen LogP contribution in [-0.2, 0) is 17.8 Å². The molecule has 3 fully saturated rings. The van der Waals surface area contributed by atoms with Crippen molar-refractivity contribution < 1.29 is 13.9 Å². The summed E-state index contributed by atoms with van der Waals surface area (Å²) in [5, 5.41) is 2.39. The molecule has 0 bridgehead atoms. The van der Waals surface area contributed by atoms with Crippen LogP contribution in [-0.4, -0.2) is 83.6 Å². The van der Waals surface area contributed by atoms with Crippen LogP contribution in [0.25, 0.3) is 10.8 Å². The number of nitrogens with zero attached hydrogens (tertiary/aromatic N) is 6. The Morgan fingerprint density at radius 2 is 1.71 bits per heavy atom. The lowest BCUT2D eigenvalue weighted by molar-refractivity contribution is -0.128. The second-order valence-electron chi connectivity index (χ2n) is 11.9. The molecule has 1 amide bonds. The van der Waals surface area contributed by atoms with Crippen molar-refractivity contribution in [3.8, 4) is 6.01 Å². The fourth-order valence-corrected chi connectivity index (χ4v) is 8.00. The van der Waals surface area contributed by atoms with E-state index in [9.17, 15) is 9.18 Å². The molecule has 1 aromatic heterocycles. The number of ether oxygens (including phenoxy) is 1. The molecule has 4 aliphatic rings. The molecule has 3 aromatic rings. The van der Waals surface area contributed by atoms with Gasteiger partial charge in [-0.2, -0.15) is 9.97 Å². The summed E-state index contributed by atoms with van der Waals surface area (Å²) in [5.41, 5.74) is 3.39. The molecule has 0 unspecified atom stereocenters. The van der Waals surface area contributed by atoms with Crippen LogP contribution in [0.2, 0.25) is 0 Å². The minimum Gasteiger partial charge on any atom is -0.461 e. The van der Waals surface area contributed by atoms with Crippen molar-refractivity contribution in [2.24, 2.45) is 0 Å². The molecule has 5 heterocycles. The number of benzene rings is 2. The second-order valence-corrected chi connectivity index (χ2v) is 12.8. The Kier molecular flexibility index (Phi) is 7.30. The zero-order valence-electron chi connectivity index (χ0n) is 23.8. The molecule has 2 aromatic carbocycles. The summed E-state index contributed by atoms with van der Waals surface area (Å²) >= 11 is 3.78. The number of aromatic nitrogens is 2. The van der Waals surface area contributed by atoms with E-state index in [0.717, 1.165) is 60.4 Å². The van der Waals surface area contributed by atoms with Crippen LogP contribution in [0.4, 0.5) is 15.9 Å². The van der Waals surface area contributed by atoms with Crippen molar-refractivity contribution >= 4 is 44.1 Å². The number of rotatable bonds is 6. The number of anilines is 2. The standard InChI is InChI=1S/C32H36BrFN6O2/c1-22(34)30(41)38-18-16-37(17-19-38)29-24-10-15-39(27-9-3-7-23-6-2-8-25(33)28(23)27)20-26(24)35-31(36-29)42-21-32-11-4-13-40(32)14-5-12-32/h2-3,6-9H,1,4-5,10-21H2. The van der Waals surface area contributed by atoms with E-state index in [1.807, 2.05) is 0 Å². The average Bonchev–Trinajstić information content (AvgIpc) is 3.60. The highest BCUT2D eigenvalue weighted by atomic mass is 79.9. The van der Waals surface area contributed by atoms with Crippen LogP contribution in [0.3, 0.4) is 0 Å². The molecule has 0 aliphatic carbocycles. The van der Waals surface area contributed by atoms with Gasteiger partial charge in [-0.1, -0.05) is 46.8 Å². The molecule has 0 N–H and O–H groups in total. The predicted molar refractivity (Wildman–Crippen MR) is 166 cm³/mol. The smallest absolute Gasteiger partial charge is 0.318 e. The third kappa shape index (κ3) is 4.92. The Labute approximate surface area is 254 Å². The lowest BCUT2D eigenvalue weighted by atomic mass is 9.95. The number of piperazine rings is 1. The van der Waals surface area contributed by atoms with Crippen molar-refractivity contribution in [3.63, 3.8) is 0 Å². The summed E-state index contributed by atoms with van der Waals surface area (Å²) in [6.07, 6.45) is 5.53. The fourth-order valence-electron chi connectivity index (χ4n) is 7.41. The number of fused-ring (bicyclic) bond motifs is 3. The van der Waals surface area contributed by atoms with Crippen molar-refractivity contribution in [1.82, 2.24) is 19.8 Å². The summed E-state index contributed by atoms with van der Waals surface area (Å²) < 4.78 is 21.1. The molecule has 0 radical (unpaired) electrons. The SMILES string of the molecule is C=C(F)C(=O)N1CCN(c2nc(OCC34CCCN3CCC4)nc3c2CCN(c2cccc4cccc(Br)c24)C3)CC1. The molecule has 42 heavy (non-hydrogen) atoms. The second kappa shape index (κ2) is 11.1. The van der Waals surface area contributed by atoms with Gasteiger partial charge in [-0.05, 0) is 62.7 Å². The van der Waals surface area contributed by atoms with Gasteiger partial charge in [-0.3, -0.25) is 9.69 Å². The monoisotopic (exact) mass is 634 g/mol. The number of carbonyl (C=O) groups excluding carboxylic acids is 1. The quantitative estimate of drug-likeness (QED) is 0.350. The van der Waals surface area contributed by atoms with E-state index in [4.69, 9.17) is 14.7 Å². The van der Waals surface area contributed by atoms with Gasteiger partial charge in [-0.15, -0.1) is 0 Å². The Bertz CT molecular complexity index is 1530. The molecule has 10 heteroatoms. The third-order valence-corrected chi connectivity index (χ3v) is 10.2. The molecule has 4 aliphatic heterocycles. The van der Waals surface area contributed by atoms with E-state index in [2.05, 4.69) is 73.6 Å². The number of hydrogen-bond acceptors (Lipinski definition) is 7. The molecular formula is C32H36BrFN6O2. The summed E-state index contributed by atoms with van der Waals surface area (Å²) in [5.74, 6) is -0.657. The fraction of sp³-hybridized carbons (Fsp3) is 0.469. The van der Waals surface area contributed by atoms with Gasteiger partial charge >= 0.3 is 6.01 Å². The van der Waals surface area contributed by atoms with Crippen LogP contribution in [0.1, 0.15) is 36.9 Å². The Morgan fingerprint density at radius 3 is 2.45 bits per heavy atom. The van der Waals surface area contributed by atoms with Gasteiger partial charge in [0.05, 0.1) is 17.8 Å². The normalized spacial score (nSPS) is 20.1. The summed E-state index contributed by atoms with van der Waals surface area (Å²) in [6.45, 7) is 9.55. The van der Waals surface area contributed by atoms with Gasteiger partial charge in [0.25, 0.3) is 5.91 Å². The first-order valence-electron chi connectivity index (χ1n) is 15.0. The van der Waals surface area contributed by atoms with Crippen molar-refractivity contribution in [1.29, 1.82) is 0 Å². The van der Waals surface area contributed by atoms with Gasteiger partial charge < -0.3 is 19.4 Å². The minimum absolute atomic E-state index is 0.0987. The van der Waals surface area contributed by atoms with E-state index in [0.29, 0.717) is 45.3 Å². The molecule has 3 saturated heterocycles. The maximum absolute atomic E-state index is 13.5. The molecule has 0 saturated carbocycles. The third-order valence-electron chi connectivity index (χ3n) is 9.57. The van der Waals surface area contributed by atoms with Crippen LogP contribution in [0.15, 0.2) is 53.3 Å². The maximum atomic E-state index is 13.5. The highest BCUT2D eigenvalue weighted by molar-refractivity contribution is 9.10. The first-order chi connectivity index (χ1) is 20.4. The summed E-state index contributed by atoms with van der Waals surface area (Å²) in [7, 11) is 0. The Hall–Kier alpha value is -3.24. The maximum Gasteiger partial charge on any atom is 0.318 e. The summed E-state index contributed by atoms with van der Waals surface area (Å²) in [6, 6.07) is 13.2. The van der Waals surface area contributed by atoms with Crippen LogP contribution in [0, 0.1) is 0 Å². The first kappa shape index (κ1) is 27.6. The van der Waals surface area contributed by atoms with E-state index in [-0.39, 0.29) is 5.54 Å². The van der Waals surface area contributed by atoms with Gasteiger partial charge in [0.15, 0.2) is 5.83 Å². The molecule has 8 nitrogen and oxygen atoms in total. The number of amides is 1. The zero-order valence-corrected chi connectivity index (χ0v) is 25.4. The van der Waals surface area contributed by atoms with E-state index in [1.54, 1.807) is 0 Å². The zero-order chi connectivity index (χ0) is 28.8. The van der Waals surface area contributed by atoms with Gasteiger partial charge in [-0.25, -0.2) is 4.39 Å². The van der Waals surface area contributed by atoms with E-state index < -0.39 is 11.7 Å². The van der Waals surface area contributed by atoms with Crippen molar-refractivity contribution in [3.05, 3.63) is 64.5 Å². The van der Waals surface area contributed by atoms with Gasteiger partial charge in [0.2, 0.25) is 0 Å². The lowest BCUT2D eigenvalue weighted by Gasteiger charge is -2.38. The van der Waals surface area contributed by atoms with E-state index in [1.165, 1.54) is 34.2 Å². The van der Waals surface area contributed by atoms with E-state index >= 15 is 0 Å². The number of carbonyl (C=O) groups is 1. The van der Waals surface area contributed by atoms with Crippen LogP contribution in [0.5, 0.6) is 6.01 Å². The minimum atomic E-state index is -0.911. The Balaban J connectivity index is 1.20. The number of hydrogen-bond donors (Lipinski definition) is 0. The highest BCUT2D eigenvalue weighted by Crippen LogP contribution is 2.40. The predicted octanol–water partition coefficient (Wildman–Crippen LogP) is 5.09. The molecule has 0 atom stereocenters. The van der Waals surface area contributed by atoms with Crippen LogP contribution < -0.4 is 14.5 Å². The van der Waals surface area contributed by atoms with Gasteiger partial charge in [0.1, 0.15) is 12.4 Å². The summed E-state index contributed by atoms with van der Waals surface area (Å²) in [4.78, 5) is 30.9. The molecule has 0 spiro atoms. The highest BCUT2D eigenvalue weighted by Gasteiger charge is 2.45. The lowest BCUT2D eigenvalue weighted by Crippen LogP contribution is -2.49.